The molecule has 0 aromatic heterocycles. The van der Waals surface area contributed by atoms with E-state index in [4.69, 9.17) is 5.73 Å². The molecule has 0 bridgehead atoms. The largest absolute Gasteiger partial charge is 0.399 e. The molecule has 0 radical (unpaired) electrons. The van der Waals surface area contributed by atoms with Crippen LogP contribution in [0, 0.1) is 0 Å². The summed E-state index contributed by atoms with van der Waals surface area (Å²) in [6.07, 6.45) is 1.53. The zero-order valence-electron chi connectivity index (χ0n) is 11.6. The summed E-state index contributed by atoms with van der Waals surface area (Å²) in [7, 11) is 0. The molecule has 2 amide bonds. The number of nitrogens with two attached hydrogens (primary N) is 1. The van der Waals surface area contributed by atoms with Crippen LogP contribution < -0.4 is 16.4 Å². The molecule has 1 rings (SSSR count). The molecule has 5 nitrogen and oxygen atoms in total. The van der Waals surface area contributed by atoms with Crippen molar-refractivity contribution in [1.82, 2.24) is 10.6 Å². The lowest BCUT2D eigenvalue weighted by Gasteiger charge is -2.06. The van der Waals surface area contributed by atoms with E-state index in [9.17, 15) is 9.59 Å². The van der Waals surface area contributed by atoms with E-state index in [1.807, 2.05) is 19.1 Å². The van der Waals surface area contributed by atoms with Crippen molar-refractivity contribution in [3.05, 3.63) is 29.8 Å². The lowest BCUT2D eigenvalue weighted by Crippen LogP contribution is -2.31. The number of hydrogen-bond acceptors (Lipinski definition) is 3. The third kappa shape index (κ3) is 7.63. The fourth-order valence-corrected chi connectivity index (χ4v) is 1.55. The molecule has 0 aliphatic rings. The van der Waals surface area contributed by atoms with Gasteiger partial charge in [0.1, 0.15) is 0 Å². The minimum atomic E-state index is -0.0898. The fourth-order valence-electron chi connectivity index (χ4n) is 1.55. The molecule has 0 aliphatic heterocycles. The number of halogens is 1. The maximum absolute atomic E-state index is 11.6. The van der Waals surface area contributed by atoms with Gasteiger partial charge in [-0.05, 0) is 24.1 Å². The second-order valence-corrected chi connectivity index (χ2v) is 4.37. The van der Waals surface area contributed by atoms with E-state index in [1.165, 1.54) is 0 Å². The third-order valence-electron chi connectivity index (χ3n) is 2.59. The van der Waals surface area contributed by atoms with Crippen molar-refractivity contribution in [1.29, 1.82) is 0 Å². The highest BCUT2D eigenvalue weighted by molar-refractivity contribution is 5.85. The Morgan fingerprint density at radius 2 is 1.65 bits per heavy atom. The van der Waals surface area contributed by atoms with Crippen LogP contribution in [0.25, 0.3) is 0 Å². The second kappa shape index (κ2) is 10.1. The van der Waals surface area contributed by atoms with Crippen molar-refractivity contribution in [3.8, 4) is 0 Å². The van der Waals surface area contributed by atoms with E-state index in [-0.39, 0.29) is 24.2 Å². The summed E-state index contributed by atoms with van der Waals surface area (Å²) in [5, 5.41) is 5.48. The Balaban J connectivity index is 0.00000361. The van der Waals surface area contributed by atoms with Crippen LogP contribution >= 0.6 is 12.4 Å². The number of nitrogen functional groups attached to an aromatic ring is 1. The zero-order chi connectivity index (χ0) is 14.1. The van der Waals surface area contributed by atoms with Gasteiger partial charge in [0.05, 0.1) is 6.42 Å². The summed E-state index contributed by atoms with van der Waals surface area (Å²) in [6, 6.07) is 7.17. The Labute approximate surface area is 125 Å². The summed E-state index contributed by atoms with van der Waals surface area (Å²) in [4.78, 5) is 22.9. The molecule has 0 fully saturated rings. The molecule has 0 saturated heterocycles. The Hall–Kier alpha value is -1.75. The highest BCUT2D eigenvalue weighted by Crippen LogP contribution is 2.05. The predicted molar refractivity (Wildman–Crippen MR) is 82.7 cm³/mol. The molecular weight excluding hydrogens is 278 g/mol. The normalized spacial score (nSPS) is 9.45. The smallest absolute Gasteiger partial charge is 0.224 e. The average molecular weight is 300 g/mol. The van der Waals surface area contributed by atoms with Gasteiger partial charge >= 0.3 is 0 Å². The van der Waals surface area contributed by atoms with Gasteiger partial charge in [-0.15, -0.1) is 12.4 Å². The van der Waals surface area contributed by atoms with Crippen LogP contribution in [0.4, 0.5) is 5.69 Å². The van der Waals surface area contributed by atoms with Crippen LogP contribution in [0.2, 0.25) is 0 Å². The molecule has 1 aromatic rings. The Morgan fingerprint density at radius 3 is 2.25 bits per heavy atom. The van der Waals surface area contributed by atoms with E-state index in [0.717, 1.165) is 12.0 Å². The van der Waals surface area contributed by atoms with Crippen molar-refractivity contribution in [2.45, 2.75) is 26.2 Å². The van der Waals surface area contributed by atoms with Crippen LogP contribution in [-0.4, -0.2) is 24.9 Å². The standard InChI is InChI=1S/C14H21N3O2.ClH/c1-2-8-16-13(18)7-9-17-14(19)10-11-3-5-12(15)6-4-11;/h3-6H,2,7-10,15H2,1H3,(H,16,18)(H,17,19);1H. The van der Waals surface area contributed by atoms with Crippen LogP contribution in [-0.2, 0) is 16.0 Å². The number of nitrogens with one attached hydrogen (secondary N) is 2. The summed E-state index contributed by atoms with van der Waals surface area (Å²) < 4.78 is 0. The molecule has 0 aliphatic carbocycles. The summed E-state index contributed by atoms with van der Waals surface area (Å²) in [5.41, 5.74) is 7.15. The topological polar surface area (TPSA) is 84.2 Å². The van der Waals surface area contributed by atoms with Gasteiger partial charge in [0.25, 0.3) is 0 Å². The number of carbonyl (C=O) groups is 2. The molecule has 0 unspecified atom stereocenters. The van der Waals surface area contributed by atoms with Crippen molar-refractivity contribution >= 4 is 29.9 Å². The molecule has 0 spiro atoms. The highest BCUT2D eigenvalue weighted by atomic mass is 35.5. The number of amides is 2. The lowest BCUT2D eigenvalue weighted by atomic mass is 10.1. The third-order valence-corrected chi connectivity index (χ3v) is 2.59. The molecule has 0 heterocycles. The van der Waals surface area contributed by atoms with E-state index < -0.39 is 0 Å². The van der Waals surface area contributed by atoms with Crippen molar-refractivity contribution in [2.24, 2.45) is 0 Å². The highest BCUT2D eigenvalue weighted by Gasteiger charge is 2.04. The van der Waals surface area contributed by atoms with Gasteiger partial charge in [0, 0.05) is 25.2 Å². The zero-order valence-corrected chi connectivity index (χ0v) is 12.5. The summed E-state index contributed by atoms with van der Waals surface area (Å²) in [6.45, 7) is 3.04. The Kier molecular flexibility index (Phi) is 9.20. The summed E-state index contributed by atoms with van der Waals surface area (Å²) >= 11 is 0. The minimum Gasteiger partial charge on any atom is -0.399 e. The van der Waals surface area contributed by atoms with Crippen LogP contribution in [0.15, 0.2) is 24.3 Å². The van der Waals surface area contributed by atoms with Crippen LogP contribution in [0.5, 0.6) is 0 Å². The van der Waals surface area contributed by atoms with Gasteiger partial charge < -0.3 is 16.4 Å². The number of hydrogen-bond donors (Lipinski definition) is 3. The number of anilines is 1. The molecular formula is C14H22ClN3O2. The lowest BCUT2D eigenvalue weighted by molar-refractivity contribution is -0.122. The van der Waals surface area contributed by atoms with Gasteiger partial charge in [-0.2, -0.15) is 0 Å². The Morgan fingerprint density at radius 1 is 1.05 bits per heavy atom. The first-order valence-corrected chi connectivity index (χ1v) is 6.49. The molecule has 6 heteroatoms. The minimum absolute atomic E-state index is 0. The van der Waals surface area contributed by atoms with Crippen LogP contribution in [0.3, 0.4) is 0 Å². The van der Waals surface area contributed by atoms with Gasteiger partial charge in [-0.25, -0.2) is 0 Å². The molecule has 0 saturated carbocycles. The maximum atomic E-state index is 11.6. The monoisotopic (exact) mass is 299 g/mol. The fraction of sp³-hybridized carbons (Fsp3) is 0.429. The van der Waals surface area contributed by atoms with Gasteiger partial charge in [0.2, 0.25) is 11.8 Å². The van der Waals surface area contributed by atoms with E-state index in [0.29, 0.717) is 31.6 Å². The SMILES string of the molecule is CCCNC(=O)CCNC(=O)Cc1ccc(N)cc1.Cl. The first kappa shape index (κ1) is 18.2. The second-order valence-electron chi connectivity index (χ2n) is 4.37. The van der Waals surface area contributed by atoms with Crippen LogP contribution in [0.1, 0.15) is 25.3 Å². The first-order valence-electron chi connectivity index (χ1n) is 6.49. The molecule has 0 atom stereocenters. The molecule has 4 N–H and O–H groups in total. The van der Waals surface area contributed by atoms with E-state index in [2.05, 4.69) is 10.6 Å². The van der Waals surface area contributed by atoms with Crippen molar-refractivity contribution < 1.29 is 9.59 Å². The predicted octanol–water partition coefficient (Wildman–Crippen LogP) is 1.27. The number of carbonyl (C=O) groups excluding carboxylic acids is 2. The van der Waals surface area contributed by atoms with Crippen molar-refractivity contribution in [2.75, 3.05) is 18.8 Å². The summed E-state index contributed by atoms with van der Waals surface area (Å²) in [5.74, 6) is -0.123. The quantitative estimate of drug-likeness (QED) is 0.663. The number of benzene rings is 1. The first-order chi connectivity index (χ1) is 9.11. The molecule has 112 valence electrons. The van der Waals surface area contributed by atoms with E-state index >= 15 is 0 Å². The van der Waals surface area contributed by atoms with Gasteiger partial charge in [-0.1, -0.05) is 19.1 Å². The van der Waals surface area contributed by atoms with E-state index in [1.54, 1.807) is 12.1 Å². The average Bonchev–Trinajstić information content (AvgIpc) is 2.39. The van der Waals surface area contributed by atoms with Crippen molar-refractivity contribution in [3.63, 3.8) is 0 Å². The Bertz CT molecular complexity index is 421. The molecule has 1 aromatic carbocycles. The van der Waals surface area contributed by atoms with Gasteiger partial charge in [0.15, 0.2) is 0 Å². The number of rotatable bonds is 7. The maximum Gasteiger partial charge on any atom is 0.224 e. The molecule has 20 heavy (non-hydrogen) atoms. The van der Waals surface area contributed by atoms with Gasteiger partial charge in [-0.3, -0.25) is 9.59 Å².